The van der Waals surface area contributed by atoms with Crippen molar-refractivity contribution in [3.05, 3.63) is 22.7 Å². The van der Waals surface area contributed by atoms with E-state index in [-0.39, 0.29) is 4.90 Å². The fraction of sp³-hybridized carbons (Fsp3) is 0.600. The van der Waals surface area contributed by atoms with E-state index < -0.39 is 10.0 Å². The number of anilines is 1. The van der Waals surface area contributed by atoms with Gasteiger partial charge in [0.2, 0.25) is 10.0 Å². The monoisotopic (exact) mass is 328 g/mol. The van der Waals surface area contributed by atoms with Crippen LogP contribution in [0.3, 0.4) is 0 Å². The van der Waals surface area contributed by atoms with Crippen molar-refractivity contribution in [2.45, 2.75) is 37.5 Å². The molecule has 3 unspecified atom stereocenters. The second-order valence-electron chi connectivity index (χ2n) is 6.41. The van der Waals surface area contributed by atoms with E-state index in [0.29, 0.717) is 34.7 Å². The fourth-order valence-corrected chi connectivity index (χ4v) is 5.20. The van der Waals surface area contributed by atoms with Crippen molar-refractivity contribution >= 4 is 27.3 Å². The molecule has 2 saturated carbocycles. The number of nitrogen functional groups attached to an aromatic ring is 1. The third kappa shape index (κ3) is 2.91. The van der Waals surface area contributed by atoms with E-state index in [1.165, 1.54) is 31.4 Å². The molecule has 3 rings (SSSR count). The Balaban J connectivity index is 1.72. The zero-order valence-electron chi connectivity index (χ0n) is 12.1. The molecule has 2 bridgehead atoms. The lowest BCUT2D eigenvalue weighted by molar-refractivity contribution is 0.333. The molecule has 0 aromatic heterocycles. The molecule has 6 heteroatoms. The molecule has 2 aliphatic rings. The molecule has 21 heavy (non-hydrogen) atoms. The number of sulfonamides is 1. The van der Waals surface area contributed by atoms with E-state index in [0.717, 1.165) is 12.3 Å². The van der Waals surface area contributed by atoms with Crippen LogP contribution in [0.25, 0.3) is 0 Å². The lowest BCUT2D eigenvalue weighted by Gasteiger charge is -2.22. The zero-order chi connectivity index (χ0) is 15.2. The quantitative estimate of drug-likeness (QED) is 0.835. The molecule has 3 N–H and O–H groups in total. The van der Waals surface area contributed by atoms with Crippen LogP contribution in [0.1, 0.15) is 31.2 Å². The third-order valence-electron chi connectivity index (χ3n) is 5.09. The van der Waals surface area contributed by atoms with E-state index in [4.69, 9.17) is 17.3 Å². The Kier molecular flexibility index (Phi) is 3.93. The third-order valence-corrected chi connectivity index (χ3v) is 6.88. The minimum absolute atomic E-state index is 0.152. The molecule has 0 spiro atoms. The van der Waals surface area contributed by atoms with Gasteiger partial charge in [0.1, 0.15) is 0 Å². The molecule has 3 atom stereocenters. The summed E-state index contributed by atoms with van der Waals surface area (Å²) in [6.45, 7) is 2.30. The van der Waals surface area contributed by atoms with Gasteiger partial charge in [0.15, 0.2) is 0 Å². The molecule has 2 fully saturated rings. The number of benzene rings is 1. The molecule has 0 radical (unpaired) electrons. The van der Waals surface area contributed by atoms with Gasteiger partial charge in [-0.1, -0.05) is 18.0 Å². The second kappa shape index (κ2) is 5.45. The maximum Gasteiger partial charge on any atom is 0.240 e. The maximum atomic E-state index is 12.4. The van der Waals surface area contributed by atoms with Gasteiger partial charge >= 0.3 is 0 Å². The highest BCUT2D eigenvalue weighted by Crippen LogP contribution is 2.48. The smallest absolute Gasteiger partial charge is 0.240 e. The summed E-state index contributed by atoms with van der Waals surface area (Å²) in [5, 5.41) is 0.385. The summed E-state index contributed by atoms with van der Waals surface area (Å²) in [4.78, 5) is 0.152. The Morgan fingerprint density at radius 3 is 2.67 bits per heavy atom. The highest BCUT2D eigenvalue weighted by atomic mass is 35.5. The van der Waals surface area contributed by atoms with Crippen LogP contribution in [0.5, 0.6) is 0 Å². The summed E-state index contributed by atoms with van der Waals surface area (Å²) in [5.74, 6) is 2.00. The SMILES string of the molecule is Cc1c(N)cc(S(=O)(=O)NCC2CC3CCC2C3)cc1Cl. The summed E-state index contributed by atoms with van der Waals surface area (Å²) in [7, 11) is -3.54. The van der Waals surface area contributed by atoms with Gasteiger partial charge in [-0.15, -0.1) is 0 Å². The summed E-state index contributed by atoms with van der Waals surface area (Å²) in [6, 6.07) is 2.95. The molecule has 4 nitrogen and oxygen atoms in total. The zero-order valence-corrected chi connectivity index (χ0v) is 13.7. The predicted molar refractivity (Wildman–Crippen MR) is 84.7 cm³/mol. The van der Waals surface area contributed by atoms with E-state index in [1.54, 1.807) is 6.92 Å². The average molecular weight is 329 g/mol. The molecular weight excluding hydrogens is 308 g/mol. The Morgan fingerprint density at radius 2 is 2.10 bits per heavy atom. The van der Waals surface area contributed by atoms with E-state index in [1.807, 2.05) is 0 Å². The van der Waals surface area contributed by atoms with Gasteiger partial charge in [0, 0.05) is 17.3 Å². The van der Waals surface area contributed by atoms with Crippen molar-refractivity contribution in [2.75, 3.05) is 12.3 Å². The van der Waals surface area contributed by atoms with Gasteiger partial charge in [-0.05, 0) is 61.6 Å². The Hall–Kier alpha value is -0.780. The summed E-state index contributed by atoms with van der Waals surface area (Å²) in [6.07, 6.45) is 5.00. The van der Waals surface area contributed by atoms with Gasteiger partial charge in [-0.25, -0.2) is 13.1 Å². The summed E-state index contributed by atoms with van der Waals surface area (Å²) < 4.78 is 27.5. The molecule has 2 aliphatic carbocycles. The van der Waals surface area contributed by atoms with Crippen molar-refractivity contribution in [3.8, 4) is 0 Å². The Bertz CT molecular complexity index is 637. The van der Waals surface area contributed by atoms with Crippen molar-refractivity contribution in [1.82, 2.24) is 4.72 Å². The van der Waals surface area contributed by atoms with Gasteiger partial charge in [0.05, 0.1) is 4.90 Å². The molecule has 0 heterocycles. The van der Waals surface area contributed by atoms with Crippen molar-refractivity contribution in [3.63, 3.8) is 0 Å². The number of hydrogen-bond donors (Lipinski definition) is 2. The van der Waals surface area contributed by atoms with Crippen LogP contribution in [-0.2, 0) is 10.0 Å². The Morgan fingerprint density at radius 1 is 1.33 bits per heavy atom. The van der Waals surface area contributed by atoms with Crippen molar-refractivity contribution in [1.29, 1.82) is 0 Å². The van der Waals surface area contributed by atoms with E-state index in [2.05, 4.69) is 4.72 Å². The minimum atomic E-state index is -3.54. The first-order chi connectivity index (χ1) is 9.87. The van der Waals surface area contributed by atoms with Crippen molar-refractivity contribution < 1.29 is 8.42 Å². The van der Waals surface area contributed by atoms with Crippen molar-refractivity contribution in [2.24, 2.45) is 17.8 Å². The van der Waals surface area contributed by atoms with Crippen LogP contribution in [0.2, 0.25) is 5.02 Å². The lowest BCUT2D eigenvalue weighted by Crippen LogP contribution is -2.31. The van der Waals surface area contributed by atoms with Gasteiger partial charge in [-0.2, -0.15) is 0 Å². The van der Waals surface area contributed by atoms with E-state index >= 15 is 0 Å². The highest BCUT2D eigenvalue weighted by molar-refractivity contribution is 7.89. The van der Waals surface area contributed by atoms with Crippen LogP contribution in [-0.4, -0.2) is 15.0 Å². The number of nitrogens with one attached hydrogen (secondary N) is 1. The maximum absolute atomic E-state index is 12.4. The molecule has 116 valence electrons. The fourth-order valence-electron chi connectivity index (χ4n) is 3.76. The number of hydrogen-bond acceptors (Lipinski definition) is 3. The van der Waals surface area contributed by atoms with Crippen LogP contribution in [0, 0.1) is 24.7 Å². The largest absolute Gasteiger partial charge is 0.398 e. The number of halogens is 1. The van der Waals surface area contributed by atoms with Crippen LogP contribution < -0.4 is 10.5 Å². The number of rotatable bonds is 4. The average Bonchev–Trinajstić information content (AvgIpc) is 3.04. The topological polar surface area (TPSA) is 72.2 Å². The summed E-state index contributed by atoms with van der Waals surface area (Å²) in [5.41, 5.74) is 6.93. The first-order valence-electron chi connectivity index (χ1n) is 7.42. The normalized spacial score (nSPS) is 28.2. The van der Waals surface area contributed by atoms with Gasteiger partial charge in [-0.3, -0.25) is 0 Å². The standard InChI is InChI=1S/C15H21ClN2O2S/c1-9-14(16)6-13(7-15(9)17)21(19,20)18-8-12-5-10-2-3-11(12)4-10/h6-7,10-12,18H,2-5,8,17H2,1H3. The van der Waals surface area contributed by atoms with Crippen LogP contribution in [0.15, 0.2) is 17.0 Å². The number of nitrogens with two attached hydrogens (primary N) is 1. The molecule has 1 aromatic carbocycles. The van der Waals surface area contributed by atoms with Crippen LogP contribution >= 0.6 is 11.6 Å². The van der Waals surface area contributed by atoms with Crippen LogP contribution in [0.4, 0.5) is 5.69 Å². The highest BCUT2D eigenvalue weighted by Gasteiger charge is 2.39. The van der Waals surface area contributed by atoms with Gasteiger partial charge < -0.3 is 5.73 Å². The summed E-state index contributed by atoms with van der Waals surface area (Å²) >= 11 is 6.03. The molecule has 0 aliphatic heterocycles. The Labute approximate surface area is 131 Å². The molecule has 1 aromatic rings. The second-order valence-corrected chi connectivity index (χ2v) is 8.58. The van der Waals surface area contributed by atoms with E-state index in [9.17, 15) is 8.42 Å². The van der Waals surface area contributed by atoms with Gasteiger partial charge in [0.25, 0.3) is 0 Å². The molecule has 0 amide bonds. The number of fused-ring (bicyclic) bond motifs is 2. The first kappa shape index (κ1) is 15.1. The predicted octanol–water partition coefficient (Wildman–Crippen LogP) is 2.95. The molecular formula is C15H21ClN2O2S. The molecule has 0 saturated heterocycles. The lowest BCUT2D eigenvalue weighted by atomic mass is 9.89. The minimum Gasteiger partial charge on any atom is -0.398 e. The first-order valence-corrected chi connectivity index (χ1v) is 9.28.